The van der Waals surface area contributed by atoms with E-state index in [9.17, 15) is 0 Å². The molecule has 0 bridgehead atoms. The molecule has 0 atom stereocenters. The van der Waals surface area contributed by atoms with Gasteiger partial charge in [-0.05, 0) is 19.3 Å². The molecule has 0 aromatic heterocycles. The van der Waals surface area contributed by atoms with Crippen molar-refractivity contribution in [2.24, 2.45) is 0 Å². The largest absolute Gasteiger partial charge is 0.241 e. The Balaban J connectivity index is 1.90. The zero-order chi connectivity index (χ0) is 11.6. The fourth-order valence-corrected chi connectivity index (χ4v) is 2.21. The summed E-state index contributed by atoms with van der Waals surface area (Å²) in [5.74, 6) is 0. The monoisotopic (exact) mass is 227 g/mol. The molecule has 0 amide bonds. The second-order valence-corrected chi connectivity index (χ2v) is 4.89. The molecule has 1 aliphatic rings. The van der Waals surface area contributed by atoms with Gasteiger partial charge in [-0.1, -0.05) is 39.0 Å². The summed E-state index contributed by atoms with van der Waals surface area (Å²) < 4.78 is 0. The van der Waals surface area contributed by atoms with Gasteiger partial charge >= 0.3 is 0 Å². The lowest BCUT2D eigenvalue weighted by Crippen LogP contribution is -2.52. The van der Waals surface area contributed by atoms with E-state index in [1.54, 1.807) is 0 Å². The number of hydrogen-bond donors (Lipinski definition) is 1. The smallest absolute Gasteiger partial charge is 0.0291 e. The molecule has 0 unspecified atom stereocenters. The summed E-state index contributed by atoms with van der Waals surface area (Å²) in [6.07, 6.45) is 10.9. The molecule has 1 rings (SSSR count). The van der Waals surface area contributed by atoms with Gasteiger partial charge < -0.3 is 0 Å². The number of nitrogens with zero attached hydrogens (tertiary/aromatic N) is 2. The summed E-state index contributed by atoms with van der Waals surface area (Å²) in [6.45, 7) is 5.78. The van der Waals surface area contributed by atoms with Gasteiger partial charge in [0.2, 0.25) is 0 Å². The highest BCUT2D eigenvalue weighted by Crippen LogP contribution is 2.07. The van der Waals surface area contributed by atoms with Gasteiger partial charge in [-0.3, -0.25) is 0 Å². The molecule has 0 aliphatic carbocycles. The maximum Gasteiger partial charge on any atom is 0.0291 e. The summed E-state index contributed by atoms with van der Waals surface area (Å²) >= 11 is 0. The highest BCUT2D eigenvalue weighted by Gasteiger charge is 2.14. The fraction of sp³-hybridized carbons (Fsp3) is 1.00. The summed E-state index contributed by atoms with van der Waals surface area (Å²) in [5.41, 5.74) is 3.52. The van der Waals surface area contributed by atoms with Crippen molar-refractivity contribution in [1.82, 2.24) is 15.6 Å². The van der Waals surface area contributed by atoms with Crippen molar-refractivity contribution in [1.29, 1.82) is 0 Å². The molecule has 1 saturated heterocycles. The van der Waals surface area contributed by atoms with Crippen molar-refractivity contribution in [3.8, 4) is 0 Å². The third-order valence-corrected chi connectivity index (χ3v) is 3.34. The first-order valence-corrected chi connectivity index (χ1v) is 7.06. The zero-order valence-electron chi connectivity index (χ0n) is 11.2. The van der Waals surface area contributed by atoms with Gasteiger partial charge in [0.25, 0.3) is 0 Å². The van der Waals surface area contributed by atoms with E-state index in [0.717, 1.165) is 6.54 Å². The SMILES string of the molecule is CCCCCCCCNN1CCCCN1C. The number of nitrogens with one attached hydrogen (secondary N) is 1. The van der Waals surface area contributed by atoms with Gasteiger partial charge in [0.15, 0.2) is 0 Å². The lowest BCUT2D eigenvalue weighted by Gasteiger charge is -2.36. The molecule has 0 aromatic rings. The van der Waals surface area contributed by atoms with Gasteiger partial charge in [0, 0.05) is 26.7 Å². The molecule has 0 spiro atoms. The Kier molecular flexibility index (Phi) is 7.81. The molecule has 1 fully saturated rings. The molecule has 0 radical (unpaired) electrons. The summed E-state index contributed by atoms with van der Waals surface area (Å²) in [5, 5.41) is 4.59. The van der Waals surface area contributed by atoms with Crippen LogP contribution in [0.25, 0.3) is 0 Å². The summed E-state index contributed by atoms with van der Waals surface area (Å²) in [7, 11) is 2.17. The Morgan fingerprint density at radius 2 is 1.62 bits per heavy atom. The van der Waals surface area contributed by atoms with Gasteiger partial charge in [-0.25, -0.2) is 10.4 Å². The normalized spacial score (nSPS) is 19.1. The Morgan fingerprint density at radius 3 is 2.38 bits per heavy atom. The molecule has 1 N–H and O–H groups in total. The van der Waals surface area contributed by atoms with Crippen LogP contribution < -0.4 is 5.43 Å². The number of hydrogen-bond acceptors (Lipinski definition) is 3. The van der Waals surface area contributed by atoms with Crippen LogP contribution in [0.3, 0.4) is 0 Å². The first-order valence-electron chi connectivity index (χ1n) is 7.06. The predicted octanol–water partition coefficient (Wildman–Crippen LogP) is 2.79. The molecule has 1 heterocycles. The lowest BCUT2D eigenvalue weighted by molar-refractivity contribution is -0.0722. The van der Waals surface area contributed by atoms with E-state index >= 15 is 0 Å². The molecular weight excluding hydrogens is 198 g/mol. The Labute approximate surface area is 101 Å². The van der Waals surface area contributed by atoms with E-state index in [-0.39, 0.29) is 0 Å². The van der Waals surface area contributed by atoms with Crippen molar-refractivity contribution in [3.63, 3.8) is 0 Å². The van der Waals surface area contributed by atoms with Crippen molar-refractivity contribution in [2.45, 2.75) is 58.3 Å². The molecule has 0 saturated carbocycles. The maximum absolute atomic E-state index is 3.52. The highest BCUT2D eigenvalue weighted by atomic mass is 15.8. The third-order valence-electron chi connectivity index (χ3n) is 3.34. The average Bonchev–Trinajstić information content (AvgIpc) is 2.30. The number of unbranched alkanes of at least 4 members (excludes halogenated alkanes) is 5. The van der Waals surface area contributed by atoms with E-state index in [1.165, 1.54) is 64.5 Å². The predicted molar refractivity (Wildman–Crippen MR) is 69.9 cm³/mol. The van der Waals surface area contributed by atoms with E-state index in [0.29, 0.717) is 0 Å². The Morgan fingerprint density at radius 1 is 0.938 bits per heavy atom. The van der Waals surface area contributed by atoms with Crippen LogP contribution in [-0.4, -0.2) is 36.8 Å². The summed E-state index contributed by atoms with van der Waals surface area (Å²) in [4.78, 5) is 0. The maximum atomic E-state index is 3.52. The summed E-state index contributed by atoms with van der Waals surface area (Å²) in [6, 6.07) is 0. The second kappa shape index (κ2) is 8.97. The van der Waals surface area contributed by atoms with Crippen molar-refractivity contribution < 1.29 is 0 Å². The van der Waals surface area contributed by atoms with Crippen LogP contribution >= 0.6 is 0 Å². The van der Waals surface area contributed by atoms with Crippen LogP contribution in [0.15, 0.2) is 0 Å². The minimum absolute atomic E-state index is 1.14. The van der Waals surface area contributed by atoms with Gasteiger partial charge in [-0.15, -0.1) is 0 Å². The first-order chi connectivity index (χ1) is 7.84. The van der Waals surface area contributed by atoms with E-state index < -0.39 is 0 Å². The van der Waals surface area contributed by atoms with Crippen molar-refractivity contribution >= 4 is 0 Å². The molecule has 3 heteroatoms. The van der Waals surface area contributed by atoms with Crippen LogP contribution in [0.2, 0.25) is 0 Å². The van der Waals surface area contributed by atoms with Crippen molar-refractivity contribution in [3.05, 3.63) is 0 Å². The van der Waals surface area contributed by atoms with Gasteiger partial charge in [0.05, 0.1) is 0 Å². The zero-order valence-corrected chi connectivity index (χ0v) is 11.2. The molecule has 16 heavy (non-hydrogen) atoms. The number of rotatable bonds is 8. The Hall–Kier alpha value is -0.120. The molecule has 0 aromatic carbocycles. The molecule has 1 aliphatic heterocycles. The first kappa shape index (κ1) is 13.9. The van der Waals surface area contributed by atoms with Gasteiger partial charge in [-0.2, -0.15) is 5.12 Å². The Bertz CT molecular complexity index is 161. The molecule has 3 nitrogen and oxygen atoms in total. The fourth-order valence-electron chi connectivity index (χ4n) is 2.21. The van der Waals surface area contributed by atoms with Crippen molar-refractivity contribution in [2.75, 3.05) is 26.7 Å². The van der Waals surface area contributed by atoms with Crippen LogP contribution in [-0.2, 0) is 0 Å². The average molecular weight is 227 g/mol. The molecule has 96 valence electrons. The number of hydrazine groups is 2. The highest BCUT2D eigenvalue weighted by molar-refractivity contribution is 4.59. The van der Waals surface area contributed by atoms with Crippen LogP contribution in [0, 0.1) is 0 Å². The lowest BCUT2D eigenvalue weighted by atomic mass is 10.1. The van der Waals surface area contributed by atoms with E-state index in [2.05, 4.69) is 29.5 Å². The standard InChI is InChI=1S/C13H29N3/c1-3-4-5-6-7-8-11-14-16-13-10-9-12-15(16)2/h14H,3-13H2,1-2H3. The van der Waals surface area contributed by atoms with Crippen LogP contribution in [0.5, 0.6) is 0 Å². The van der Waals surface area contributed by atoms with E-state index in [4.69, 9.17) is 0 Å². The van der Waals surface area contributed by atoms with Gasteiger partial charge in [0.1, 0.15) is 0 Å². The second-order valence-electron chi connectivity index (χ2n) is 4.89. The molecular formula is C13H29N3. The van der Waals surface area contributed by atoms with Crippen LogP contribution in [0.1, 0.15) is 58.3 Å². The topological polar surface area (TPSA) is 18.5 Å². The van der Waals surface area contributed by atoms with Crippen LogP contribution in [0.4, 0.5) is 0 Å². The van der Waals surface area contributed by atoms with E-state index in [1.807, 2.05) is 0 Å². The minimum atomic E-state index is 1.14. The minimum Gasteiger partial charge on any atom is -0.241 e. The quantitative estimate of drug-likeness (QED) is 0.643. The third kappa shape index (κ3) is 5.83.